The maximum atomic E-state index is 6.28. The van der Waals surface area contributed by atoms with E-state index in [0.29, 0.717) is 0 Å². The number of hydrogen-bond acceptors (Lipinski definition) is 1. The van der Waals surface area contributed by atoms with E-state index in [9.17, 15) is 0 Å². The summed E-state index contributed by atoms with van der Waals surface area (Å²) in [5.74, 6) is 0.167. The molecule has 0 aromatic carbocycles. The van der Waals surface area contributed by atoms with Crippen LogP contribution in [0.1, 0.15) is 34.6 Å². The lowest BCUT2D eigenvalue weighted by atomic mass is 10.8. The molecular weight excluding hydrogens is 100 g/mol. The van der Waals surface area contributed by atoms with Crippen LogP contribution < -0.4 is 5.73 Å². The summed E-state index contributed by atoms with van der Waals surface area (Å²) in [6.07, 6.45) is 0. The minimum Gasteiger partial charge on any atom is -0.388 e. The predicted octanol–water partition coefficient (Wildman–Crippen LogP) is 1.99. The van der Waals surface area contributed by atoms with Crippen molar-refractivity contribution < 1.29 is 0 Å². The Morgan fingerprint density at radius 3 is 1.12 bits per heavy atom. The fourth-order valence-corrected chi connectivity index (χ4v) is 0. The third kappa shape index (κ3) is 389. The Labute approximate surface area is 52.6 Å². The Morgan fingerprint density at radius 1 is 1.12 bits per heavy atom. The fourth-order valence-electron chi connectivity index (χ4n) is 0. The van der Waals surface area contributed by atoms with Crippen molar-refractivity contribution in [1.29, 1.82) is 5.41 Å². The molecule has 0 rings (SSSR count). The number of amidine groups is 1. The Morgan fingerprint density at radius 2 is 1.12 bits per heavy atom. The molecule has 0 bridgehead atoms. The molecule has 0 spiro atoms. The monoisotopic (exact) mass is 118 g/mol. The van der Waals surface area contributed by atoms with Gasteiger partial charge in [0.1, 0.15) is 0 Å². The molecule has 2 nitrogen and oxygen atoms in total. The van der Waals surface area contributed by atoms with Crippen molar-refractivity contribution in [2.45, 2.75) is 34.6 Å². The van der Waals surface area contributed by atoms with E-state index < -0.39 is 0 Å². The smallest absolute Gasteiger partial charge is 0.0873 e. The molecule has 0 aliphatic rings. The average Bonchev–Trinajstić information content (AvgIpc) is 1.75. The van der Waals surface area contributed by atoms with Crippen molar-refractivity contribution in [2.24, 2.45) is 5.73 Å². The van der Waals surface area contributed by atoms with Gasteiger partial charge in [0.05, 0.1) is 5.84 Å². The van der Waals surface area contributed by atoms with Gasteiger partial charge in [-0.3, -0.25) is 5.41 Å². The molecule has 0 saturated heterocycles. The molecule has 0 aliphatic heterocycles. The first-order valence-electron chi connectivity index (χ1n) is 3.04. The third-order valence-corrected chi connectivity index (χ3v) is 0. The summed E-state index contributed by atoms with van der Waals surface area (Å²) in [4.78, 5) is 0. The van der Waals surface area contributed by atoms with E-state index in [1.165, 1.54) is 6.92 Å². The van der Waals surface area contributed by atoms with Crippen molar-refractivity contribution in [3.05, 3.63) is 0 Å². The lowest BCUT2D eigenvalue weighted by molar-refractivity contribution is 1.42. The number of nitrogens with one attached hydrogen (secondary N) is 1. The molecule has 0 radical (unpaired) electrons. The molecule has 0 unspecified atom stereocenters. The second-order valence-electron chi connectivity index (χ2n) is 0.683. The molecule has 0 aliphatic carbocycles. The minimum absolute atomic E-state index is 0.167. The van der Waals surface area contributed by atoms with E-state index >= 15 is 0 Å². The summed E-state index contributed by atoms with van der Waals surface area (Å²) in [6, 6.07) is 0. The van der Waals surface area contributed by atoms with Gasteiger partial charge in [0.15, 0.2) is 0 Å². The highest BCUT2D eigenvalue weighted by atomic mass is 14.7. The van der Waals surface area contributed by atoms with Gasteiger partial charge in [-0.25, -0.2) is 0 Å². The lowest BCUT2D eigenvalue weighted by Gasteiger charge is -1.66. The van der Waals surface area contributed by atoms with E-state index in [1.54, 1.807) is 0 Å². The molecule has 52 valence electrons. The van der Waals surface area contributed by atoms with Crippen LogP contribution in [0.2, 0.25) is 0 Å². The highest BCUT2D eigenvalue weighted by molar-refractivity contribution is 5.73. The Balaban J connectivity index is -0.0000000542. The van der Waals surface area contributed by atoms with Gasteiger partial charge < -0.3 is 5.73 Å². The largest absolute Gasteiger partial charge is 0.388 e. The average molecular weight is 118 g/mol. The van der Waals surface area contributed by atoms with Crippen LogP contribution in [-0.4, -0.2) is 5.84 Å². The van der Waals surface area contributed by atoms with E-state index in [4.69, 9.17) is 11.1 Å². The van der Waals surface area contributed by atoms with Crippen molar-refractivity contribution in [3.8, 4) is 0 Å². The van der Waals surface area contributed by atoms with Crippen LogP contribution in [-0.2, 0) is 0 Å². The van der Waals surface area contributed by atoms with Gasteiger partial charge in [-0.2, -0.15) is 0 Å². The van der Waals surface area contributed by atoms with E-state index in [0.717, 1.165) is 0 Å². The van der Waals surface area contributed by atoms with E-state index in [2.05, 4.69) is 0 Å². The normalized spacial score (nSPS) is 4.62. The Hall–Kier alpha value is -0.530. The minimum atomic E-state index is 0.167. The highest BCUT2D eigenvalue weighted by Crippen LogP contribution is 1.36. The second kappa shape index (κ2) is 31.7. The summed E-state index contributed by atoms with van der Waals surface area (Å²) in [6.45, 7) is 9.53. The molecule has 0 amide bonds. The fraction of sp³-hybridized carbons (Fsp3) is 0.833. The van der Waals surface area contributed by atoms with Crippen molar-refractivity contribution in [2.75, 3.05) is 0 Å². The third-order valence-electron chi connectivity index (χ3n) is 0. The van der Waals surface area contributed by atoms with Crippen LogP contribution in [0.25, 0.3) is 0 Å². The summed E-state index contributed by atoms with van der Waals surface area (Å²) in [5, 5.41) is 6.28. The van der Waals surface area contributed by atoms with Gasteiger partial charge in [0.25, 0.3) is 0 Å². The summed E-state index contributed by atoms with van der Waals surface area (Å²) < 4.78 is 0. The first kappa shape index (κ1) is 15.6. The zero-order valence-electron chi connectivity index (χ0n) is 6.58. The Kier molecular flexibility index (Phi) is 62.1. The van der Waals surface area contributed by atoms with Crippen LogP contribution in [0, 0.1) is 5.41 Å². The molecule has 8 heavy (non-hydrogen) atoms. The van der Waals surface area contributed by atoms with Gasteiger partial charge in [-0.1, -0.05) is 27.7 Å². The SMILES string of the molecule is CC.CC.CC(=N)N. The summed E-state index contributed by atoms with van der Waals surface area (Å²) in [7, 11) is 0. The van der Waals surface area contributed by atoms with Crippen molar-refractivity contribution >= 4 is 5.84 Å². The molecule has 0 atom stereocenters. The predicted molar refractivity (Wildman–Crippen MR) is 40.3 cm³/mol. The zero-order valence-corrected chi connectivity index (χ0v) is 6.58. The molecule has 0 aromatic heterocycles. The van der Waals surface area contributed by atoms with Gasteiger partial charge in [0, 0.05) is 0 Å². The van der Waals surface area contributed by atoms with Crippen LogP contribution in [0.5, 0.6) is 0 Å². The maximum absolute atomic E-state index is 6.28. The van der Waals surface area contributed by atoms with Crippen LogP contribution in [0.15, 0.2) is 0 Å². The van der Waals surface area contributed by atoms with E-state index in [1.807, 2.05) is 27.7 Å². The van der Waals surface area contributed by atoms with Crippen molar-refractivity contribution in [1.82, 2.24) is 0 Å². The molecular formula is C6H18N2. The zero-order chi connectivity index (χ0) is 7.58. The Bertz CT molecular complexity index is 29.5. The van der Waals surface area contributed by atoms with Crippen LogP contribution in [0.3, 0.4) is 0 Å². The quantitative estimate of drug-likeness (QED) is 0.371. The summed E-state index contributed by atoms with van der Waals surface area (Å²) in [5.41, 5.74) is 4.69. The number of rotatable bonds is 0. The highest BCUT2D eigenvalue weighted by Gasteiger charge is 1.53. The lowest BCUT2D eigenvalue weighted by Crippen LogP contribution is -2.00. The van der Waals surface area contributed by atoms with Crippen LogP contribution in [0.4, 0.5) is 0 Å². The van der Waals surface area contributed by atoms with Gasteiger partial charge in [-0.15, -0.1) is 0 Å². The summed E-state index contributed by atoms with van der Waals surface area (Å²) >= 11 is 0. The van der Waals surface area contributed by atoms with Gasteiger partial charge in [-0.05, 0) is 6.92 Å². The molecule has 0 heterocycles. The van der Waals surface area contributed by atoms with Gasteiger partial charge >= 0.3 is 0 Å². The van der Waals surface area contributed by atoms with Gasteiger partial charge in [0.2, 0.25) is 0 Å². The standard InChI is InChI=1S/C2H6N2.2C2H6/c1-2(3)4;2*1-2/h1H3,(H3,3,4);2*1-2H3. The second-order valence-corrected chi connectivity index (χ2v) is 0.683. The maximum Gasteiger partial charge on any atom is 0.0873 e. The van der Waals surface area contributed by atoms with Crippen molar-refractivity contribution in [3.63, 3.8) is 0 Å². The first-order chi connectivity index (χ1) is 3.73. The molecule has 0 fully saturated rings. The molecule has 3 N–H and O–H groups in total. The molecule has 0 aromatic rings. The topological polar surface area (TPSA) is 49.9 Å². The van der Waals surface area contributed by atoms with Crippen LogP contribution >= 0.6 is 0 Å². The number of hydrogen-bond donors (Lipinski definition) is 2. The first-order valence-corrected chi connectivity index (χ1v) is 3.04. The molecule has 0 saturated carbocycles. The number of nitrogens with two attached hydrogens (primary N) is 1. The van der Waals surface area contributed by atoms with E-state index in [-0.39, 0.29) is 5.84 Å². The molecule has 2 heteroatoms.